The van der Waals surface area contributed by atoms with Crippen LogP contribution in [-0.2, 0) is 6.54 Å². The second-order valence-corrected chi connectivity index (χ2v) is 5.57. The minimum absolute atomic E-state index is 0.418. The van der Waals surface area contributed by atoms with E-state index in [9.17, 15) is 0 Å². The van der Waals surface area contributed by atoms with Gasteiger partial charge in [0, 0.05) is 44.3 Å². The van der Waals surface area contributed by atoms with Crippen molar-refractivity contribution in [2.24, 2.45) is 5.73 Å². The monoisotopic (exact) mass is 271 g/mol. The number of hydrogen-bond donors (Lipinski definition) is 1. The molecule has 2 N–H and O–H groups in total. The molecule has 3 heteroatoms. The van der Waals surface area contributed by atoms with Crippen LogP contribution in [0, 0.1) is 11.8 Å². The number of benzene rings is 1. The summed E-state index contributed by atoms with van der Waals surface area (Å²) in [4.78, 5) is 5.05. The summed E-state index contributed by atoms with van der Waals surface area (Å²) in [7, 11) is 0. The van der Waals surface area contributed by atoms with Crippen LogP contribution in [0.2, 0.25) is 0 Å². The van der Waals surface area contributed by atoms with Crippen LogP contribution in [0.1, 0.15) is 25.0 Å². The normalized spacial score (nSPS) is 17.0. The Kier molecular flexibility index (Phi) is 5.60. The average molecular weight is 271 g/mol. The van der Waals surface area contributed by atoms with Gasteiger partial charge in [0.25, 0.3) is 0 Å². The second kappa shape index (κ2) is 7.44. The van der Waals surface area contributed by atoms with E-state index in [0.29, 0.717) is 12.6 Å². The Hall–Kier alpha value is -1.34. The highest BCUT2D eigenvalue weighted by molar-refractivity contribution is 5.41. The summed E-state index contributed by atoms with van der Waals surface area (Å²) >= 11 is 0. The Morgan fingerprint density at radius 1 is 1.15 bits per heavy atom. The Labute approximate surface area is 122 Å². The van der Waals surface area contributed by atoms with Gasteiger partial charge in [0.05, 0.1) is 6.54 Å². The van der Waals surface area contributed by atoms with Gasteiger partial charge in [-0.1, -0.05) is 30.0 Å². The van der Waals surface area contributed by atoms with Crippen molar-refractivity contribution < 1.29 is 0 Å². The summed E-state index contributed by atoms with van der Waals surface area (Å²) in [5.41, 5.74) is 7.89. The maximum atomic E-state index is 5.46. The molecule has 0 amide bonds. The molecule has 1 aliphatic rings. The van der Waals surface area contributed by atoms with Crippen molar-refractivity contribution in [1.82, 2.24) is 9.80 Å². The molecule has 0 atom stereocenters. The number of piperazine rings is 1. The molecule has 1 saturated heterocycles. The van der Waals surface area contributed by atoms with Gasteiger partial charge in [0.15, 0.2) is 0 Å². The van der Waals surface area contributed by atoms with Crippen LogP contribution in [0.5, 0.6) is 0 Å². The molecular weight excluding hydrogens is 246 g/mol. The van der Waals surface area contributed by atoms with Crippen LogP contribution >= 0.6 is 0 Å². The zero-order valence-corrected chi connectivity index (χ0v) is 12.6. The van der Waals surface area contributed by atoms with Crippen molar-refractivity contribution in [3.8, 4) is 11.8 Å². The SMILES string of the molecule is CC(C)N1CCN(Cc2ccccc2C#CCN)CC1. The van der Waals surface area contributed by atoms with E-state index in [1.807, 2.05) is 6.07 Å². The number of nitrogens with zero attached hydrogens (tertiary/aromatic N) is 2. The molecular formula is C17H25N3. The van der Waals surface area contributed by atoms with E-state index in [1.165, 1.54) is 5.56 Å². The topological polar surface area (TPSA) is 32.5 Å². The fourth-order valence-electron chi connectivity index (χ4n) is 2.61. The summed E-state index contributed by atoms with van der Waals surface area (Å²) in [6.45, 7) is 10.5. The van der Waals surface area contributed by atoms with Crippen molar-refractivity contribution in [2.45, 2.75) is 26.4 Å². The van der Waals surface area contributed by atoms with Crippen molar-refractivity contribution in [2.75, 3.05) is 32.7 Å². The van der Waals surface area contributed by atoms with Crippen LogP contribution in [0.3, 0.4) is 0 Å². The van der Waals surface area contributed by atoms with Gasteiger partial charge in [-0.3, -0.25) is 9.80 Å². The van der Waals surface area contributed by atoms with Crippen LogP contribution in [0.4, 0.5) is 0 Å². The van der Waals surface area contributed by atoms with E-state index in [4.69, 9.17) is 5.73 Å². The van der Waals surface area contributed by atoms with Crippen molar-refractivity contribution in [1.29, 1.82) is 0 Å². The lowest BCUT2D eigenvalue weighted by atomic mass is 10.1. The Morgan fingerprint density at radius 3 is 2.50 bits per heavy atom. The van der Waals surface area contributed by atoms with E-state index in [2.05, 4.69) is 53.7 Å². The summed E-state index contributed by atoms with van der Waals surface area (Å²) in [6, 6.07) is 9.05. The van der Waals surface area contributed by atoms with Crippen LogP contribution in [0.15, 0.2) is 24.3 Å². The highest BCUT2D eigenvalue weighted by atomic mass is 15.3. The van der Waals surface area contributed by atoms with Crippen molar-refractivity contribution in [3.63, 3.8) is 0 Å². The van der Waals surface area contributed by atoms with Crippen LogP contribution in [-0.4, -0.2) is 48.6 Å². The van der Waals surface area contributed by atoms with Gasteiger partial charge in [0.1, 0.15) is 0 Å². The van der Waals surface area contributed by atoms with Gasteiger partial charge in [-0.25, -0.2) is 0 Å². The zero-order chi connectivity index (χ0) is 14.4. The fourth-order valence-corrected chi connectivity index (χ4v) is 2.61. The summed E-state index contributed by atoms with van der Waals surface area (Å²) in [5, 5.41) is 0. The number of rotatable bonds is 3. The molecule has 1 aromatic carbocycles. The van der Waals surface area contributed by atoms with Crippen LogP contribution < -0.4 is 5.73 Å². The molecule has 1 aliphatic heterocycles. The third-order valence-corrected chi connectivity index (χ3v) is 3.87. The van der Waals surface area contributed by atoms with Crippen LogP contribution in [0.25, 0.3) is 0 Å². The molecule has 1 heterocycles. The van der Waals surface area contributed by atoms with Gasteiger partial charge in [-0.15, -0.1) is 0 Å². The second-order valence-electron chi connectivity index (χ2n) is 5.57. The Balaban J connectivity index is 1.98. The predicted octanol–water partition coefficient (Wildman–Crippen LogP) is 1.52. The maximum Gasteiger partial charge on any atom is 0.0555 e. The van der Waals surface area contributed by atoms with E-state index in [1.54, 1.807) is 0 Å². The van der Waals surface area contributed by atoms with E-state index in [0.717, 1.165) is 38.3 Å². The zero-order valence-electron chi connectivity index (χ0n) is 12.6. The molecule has 0 spiro atoms. The molecule has 3 nitrogen and oxygen atoms in total. The molecule has 0 unspecified atom stereocenters. The summed E-state index contributed by atoms with van der Waals surface area (Å²) < 4.78 is 0. The molecule has 0 radical (unpaired) electrons. The first-order valence-electron chi connectivity index (χ1n) is 7.44. The first-order valence-corrected chi connectivity index (χ1v) is 7.44. The molecule has 20 heavy (non-hydrogen) atoms. The number of nitrogens with two attached hydrogens (primary N) is 1. The van der Waals surface area contributed by atoms with Gasteiger partial charge >= 0.3 is 0 Å². The quantitative estimate of drug-likeness (QED) is 0.846. The smallest absolute Gasteiger partial charge is 0.0555 e. The largest absolute Gasteiger partial charge is 0.320 e. The standard InChI is InChI=1S/C17H25N3/c1-15(2)20-12-10-19(11-13-20)14-17-7-4-3-6-16(17)8-5-9-18/h3-4,6-7,15H,9-14,18H2,1-2H3. The molecule has 0 bridgehead atoms. The minimum Gasteiger partial charge on any atom is -0.320 e. The van der Waals surface area contributed by atoms with Crippen molar-refractivity contribution in [3.05, 3.63) is 35.4 Å². The van der Waals surface area contributed by atoms with Crippen molar-refractivity contribution >= 4 is 0 Å². The lowest BCUT2D eigenvalue weighted by Gasteiger charge is -2.37. The third-order valence-electron chi connectivity index (χ3n) is 3.87. The Morgan fingerprint density at radius 2 is 1.85 bits per heavy atom. The average Bonchev–Trinajstić information content (AvgIpc) is 2.47. The predicted molar refractivity (Wildman–Crippen MR) is 84.4 cm³/mol. The molecule has 1 aromatic rings. The van der Waals surface area contributed by atoms with Gasteiger partial charge in [0.2, 0.25) is 0 Å². The minimum atomic E-state index is 0.418. The lowest BCUT2D eigenvalue weighted by molar-refractivity contribution is 0.104. The highest BCUT2D eigenvalue weighted by Gasteiger charge is 2.19. The van der Waals surface area contributed by atoms with E-state index >= 15 is 0 Å². The molecule has 0 aromatic heterocycles. The molecule has 1 fully saturated rings. The van der Waals surface area contributed by atoms with E-state index < -0.39 is 0 Å². The highest BCUT2D eigenvalue weighted by Crippen LogP contribution is 2.13. The summed E-state index contributed by atoms with van der Waals surface area (Å²) in [5.74, 6) is 6.13. The molecule has 0 saturated carbocycles. The third kappa shape index (κ3) is 4.08. The fraction of sp³-hybridized carbons (Fsp3) is 0.529. The number of hydrogen-bond acceptors (Lipinski definition) is 3. The maximum absolute atomic E-state index is 5.46. The molecule has 2 rings (SSSR count). The van der Waals surface area contributed by atoms with Gasteiger partial charge in [-0.2, -0.15) is 0 Å². The molecule has 108 valence electrons. The lowest BCUT2D eigenvalue weighted by Crippen LogP contribution is -2.48. The van der Waals surface area contributed by atoms with Gasteiger partial charge < -0.3 is 5.73 Å². The first-order chi connectivity index (χ1) is 9.70. The Bertz CT molecular complexity index is 476. The van der Waals surface area contributed by atoms with Gasteiger partial charge in [-0.05, 0) is 25.5 Å². The van der Waals surface area contributed by atoms with E-state index in [-0.39, 0.29) is 0 Å². The first kappa shape index (κ1) is 15.1. The summed E-state index contributed by atoms with van der Waals surface area (Å²) in [6.07, 6.45) is 0. The molecule has 0 aliphatic carbocycles.